The first-order chi connectivity index (χ1) is 15.8. The number of fused-ring (bicyclic) bond motifs is 2. The van der Waals surface area contributed by atoms with Crippen LogP contribution in [-0.4, -0.2) is 23.0 Å². The van der Waals surface area contributed by atoms with E-state index >= 15 is 0 Å². The van der Waals surface area contributed by atoms with Gasteiger partial charge in [0, 0.05) is 27.4 Å². The van der Waals surface area contributed by atoms with Gasteiger partial charge in [-0.15, -0.1) is 0 Å². The molecule has 7 nitrogen and oxygen atoms in total. The Morgan fingerprint density at radius 2 is 1.85 bits per heavy atom. The molecule has 1 unspecified atom stereocenters. The first-order valence-electron chi connectivity index (χ1n) is 10.5. The molecule has 2 aromatic carbocycles. The van der Waals surface area contributed by atoms with Gasteiger partial charge in [-0.3, -0.25) is 4.79 Å². The number of aliphatic carboxylic acids is 1. The number of carboxylic acid groups (broad SMARTS) is 1. The third-order valence-electron chi connectivity index (χ3n) is 5.68. The Hall–Kier alpha value is -3.58. The number of nitrogens with one attached hydrogen (secondary N) is 1. The number of carboxylic acids is 1. The van der Waals surface area contributed by atoms with E-state index in [1.807, 2.05) is 25.1 Å². The largest absolute Gasteiger partial charge is 0.480 e. The molecule has 2 aromatic heterocycles. The molecule has 170 valence electrons. The molecule has 0 fully saturated rings. The van der Waals surface area contributed by atoms with Gasteiger partial charge >= 0.3 is 11.6 Å². The normalized spacial score (nSPS) is 12.2. The molecule has 1 amide bonds. The van der Waals surface area contributed by atoms with Crippen LogP contribution in [0.25, 0.3) is 33.1 Å². The number of rotatable bonds is 7. The quantitative estimate of drug-likeness (QED) is 0.367. The third-order valence-corrected chi connectivity index (χ3v) is 5.94. The van der Waals surface area contributed by atoms with Crippen molar-refractivity contribution in [2.45, 2.75) is 39.2 Å². The van der Waals surface area contributed by atoms with E-state index in [1.165, 1.54) is 0 Å². The van der Waals surface area contributed by atoms with Crippen LogP contribution in [0.15, 0.2) is 56.3 Å². The van der Waals surface area contributed by atoms with E-state index in [0.717, 1.165) is 16.5 Å². The van der Waals surface area contributed by atoms with Crippen LogP contribution in [0.3, 0.4) is 0 Å². The molecule has 4 rings (SSSR count). The van der Waals surface area contributed by atoms with Crippen LogP contribution >= 0.6 is 11.6 Å². The van der Waals surface area contributed by atoms with Gasteiger partial charge in [-0.05, 0) is 42.7 Å². The van der Waals surface area contributed by atoms with Crippen LogP contribution in [0.2, 0.25) is 5.02 Å². The lowest BCUT2D eigenvalue weighted by Gasteiger charge is -2.14. The third kappa shape index (κ3) is 4.50. The first kappa shape index (κ1) is 22.6. The zero-order chi connectivity index (χ0) is 23.7. The summed E-state index contributed by atoms with van der Waals surface area (Å²) in [5, 5.41) is 13.9. The van der Waals surface area contributed by atoms with Crippen LogP contribution in [0, 0.1) is 6.92 Å². The second kappa shape index (κ2) is 9.11. The predicted octanol–water partition coefficient (Wildman–Crippen LogP) is 5.08. The number of halogens is 1. The van der Waals surface area contributed by atoms with Crippen molar-refractivity contribution in [2.75, 3.05) is 0 Å². The number of furan rings is 1. The molecule has 0 aliphatic rings. The Balaban J connectivity index is 1.74. The number of hydrogen-bond acceptors (Lipinski definition) is 5. The molecule has 8 heteroatoms. The van der Waals surface area contributed by atoms with Crippen molar-refractivity contribution in [2.24, 2.45) is 0 Å². The lowest BCUT2D eigenvalue weighted by Crippen LogP contribution is -2.41. The van der Waals surface area contributed by atoms with Crippen LogP contribution in [0.5, 0.6) is 0 Å². The number of hydrogen-bond donors (Lipinski definition) is 2. The van der Waals surface area contributed by atoms with Crippen molar-refractivity contribution in [3.63, 3.8) is 0 Å². The monoisotopic (exact) mass is 467 g/mol. The van der Waals surface area contributed by atoms with Gasteiger partial charge in [0.2, 0.25) is 5.91 Å². The number of benzene rings is 2. The van der Waals surface area contributed by atoms with E-state index in [1.54, 1.807) is 31.4 Å². The fourth-order valence-corrected chi connectivity index (χ4v) is 4.05. The Labute approximate surface area is 194 Å². The highest BCUT2D eigenvalue weighted by Crippen LogP contribution is 2.35. The zero-order valence-corrected chi connectivity index (χ0v) is 18.9. The van der Waals surface area contributed by atoms with Gasteiger partial charge in [-0.1, -0.05) is 37.1 Å². The van der Waals surface area contributed by atoms with Crippen molar-refractivity contribution < 1.29 is 23.5 Å². The van der Waals surface area contributed by atoms with E-state index in [0.29, 0.717) is 40.0 Å². The summed E-state index contributed by atoms with van der Waals surface area (Å²) < 4.78 is 11.2. The summed E-state index contributed by atoms with van der Waals surface area (Å²) in [4.78, 5) is 36.5. The van der Waals surface area contributed by atoms with Crippen molar-refractivity contribution in [3.05, 3.63) is 69.2 Å². The fourth-order valence-electron chi connectivity index (χ4n) is 3.92. The Bertz CT molecular complexity index is 1420. The molecule has 4 aromatic rings. The highest BCUT2D eigenvalue weighted by Gasteiger charge is 2.22. The van der Waals surface area contributed by atoms with Gasteiger partial charge in [-0.25, -0.2) is 9.59 Å². The summed E-state index contributed by atoms with van der Waals surface area (Å²) in [5.41, 5.74) is 2.84. The van der Waals surface area contributed by atoms with E-state index in [-0.39, 0.29) is 12.0 Å². The molecule has 0 bridgehead atoms. The molecule has 0 saturated heterocycles. The maximum Gasteiger partial charge on any atom is 0.340 e. The van der Waals surface area contributed by atoms with Gasteiger partial charge in [0.05, 0.1) is 18.2 Å². The maximum absolute atomic E-state index is 12.6. The van der Waals surface area contributed by atoms with Gasteiger partial charge in [0.25, 0.3) is 0 Å². The van der Waals surface area contributed by atoms with E-state index < -0.39 is 23.5 Å². The molecule has 0 aliphatic carbocycles. The van der Waals surface area contributed by atoms with Crippen LogP contribution in [0.4, 0.5) is 0 Å². The van der Waals surface area contributed by atoms with Crippen LogP contribution < -0.4 is 10.9 Å². The number of aryl methyl sites for hydroxylation is 1. The smallest absolute Gasteiger partial charge is 0.340 e. The SMILES string of the molecule is CCCC(NC(=O)Cc1c(C)c2cc3c(-c4ccc(Cl)cc4)coc3cc2oc1=O)C(=O)O. The van der Waals surface area contributed by atoms with Crippen molar-refractivity contribution in [3.8, 4) is 11.1 Å². The second-order valence-electron chi connectivity index (χ2n) is 7.92. The highest BCUT2D eigenvalue weighted by atomic mass is 35.5. The Morgan fingerprint density at radius 1 is 1.12 bits per heavy atom. The number of carbonyl (C=O) groups is 2. The molecular formula is C25H22ClNO6. The fraction of sp³-hybridized carbons (Fsp3) is 0.240. The molecule has 2 heterocycles. The minimum absolute atomic E-state index is 0.191. The number of amides is 1. The average Bonchev–Trinajstić information content (AvgIpc) is 3.18. The first-order valence-corrected chi connectivity index (χ1v) is 10.9. The van der Waals surface area contributed by atoms with Crippen molar-refractivity contribution in [1.29, 1.82) is 0 Å². The number of carbonyl (C=O) groups excluding carboxylic acids is 1. The van der Waals surface area contributed by atoms with Crippen molar-refractivity contribution in [1.82, 2.24) is 5.32 Å². The minimum Gasteiger partial charge on any atom is -0.480 e. The van der Waals surface area contributed by atoms with Crippen molar-refractivity contribution >= 4 is 45.4 Å². The summed E-state index contributed by atoms with van der Waals surface area (Å²) in [6, 6.07) is 9.89. The summed E-state index contributed by atoms with van der Waals surface area (Å²) in [6.07, 6.45) is 2.27. The van der Waals surface area contributed by atoms with E-state index in [4.69, 9.17) is 20.4 Å². The molecule has 33 heavy (non-hydrogen) atoms. The average molecular weight is 468 g/mol. The molecule has 1 atom stereocenters. The highest BCUT2D eigenvalue weighted by molar-refractivity contribution is 6.30. The van der Waals surface area contributed by atoms with E-state index in [2.05, 4.69) is 5.32 Å². The molecular weight excluding hydrogens is 446 g/mol. The van der Waals surface area contributed by atoms with Gasteiger partial charge in [0.15, 0.2) is 0 Å². The zero-order valence-electron chi connectivity index (χ0n) is 18.1. The summed E-state index contributed by atoms with van der Waals surface area (Å²) in [6.45, 7) is 3.58. The molecule has 0 spiro atoms. The van der Waals surface area contributed by atoms with E-state index in [9.17, 15) is 19.5 Å². The minimum atomic E-state index is -1.11. The standard InChI is InChI=1S/C25H22ClNO6/c1-3-4-20(24(29)30)27-23(28)10-17-13(2)16-9-18-19(14-5-7-15(26)8-6-14)12-32-21(18)11-22(16)33-25(17)31/h5-9,11-12,20H,3-4,10H2,1-2H3,(H,27,28)(H,29,30). The predicted molar refractivity (Wildman–Crippen MR) is 126 cm³/mol. The van der Waals surface area contributed by atoms with Crippen LogP contribution in [0.1, 0.15) is 30.9 Å². The molecule has 0 radical (unpaired) electrons. The van der Waals surface area contributed by atoms with Gasteiger partial charge in [0.1, 0.15) is 17.2 Å². The summed E-state index contributed by atoms with van der Waals surface area (Å²) in [7, 11) is 0. The molecule has 0 aliphatic heterocycles. The van der Waals surface area contributed by atoms with Gasteiger partial charge < -0.3 is 19.3 Å². The summed E-state index contributed by atoms with van der Waals surface area (Å²) in [5.74, 6) is -1.65. The molecule has 0 saturated carbocycles. The van der Waals surface area contributed by atoms with Crippen LogP contribution in [-0.2, 0) is 16.0 Å². The topological polar surface area (TPSA) is 110 Å². The maximum atomic E-state index is 12.6. The Kier molecular flexibility index (Phi) is 6.24. The lowest BCUT2D eigenvalue weighted by molar-refractivity contribution is -0.141. The Morgan fingerprint density at radius 3 is 2.52 bits per heavy atom. The lowest BCUT2D eigenvalue weighted by atomic mass is 9.99. The molecule has 2 N–H and O–H groups in total. The van der Waals surface area contributed by atoms with Gasteiger partial charge in [-0.2, -0.15) is 0 Å². The summed E-state index contributed by atoms with van der Waals surface area (Å²) >= 11 is 6.00. The second-order valence-corrected chi connectivity index (χ2v) is 8.35.